The Morgan fingerprint density at radius 2 is 0.667 bits per heavy atom. The van der Waals surface area contributed by atoms with Gasteiger partial charge >= 0.3 is 11.9 Å². The Kier molecular flexibility index (Phi) is 42.2. The molecule has 0 spiro atoms. The summed E-state index contributed by atoms with van der Waals surface area (Å²) in [5.41, 5.74) is 0. The van der Waals surface area contributed by atoms with Gasteiger partial charge in [0.1, 0.15) is 0 Å². The zero-order valence-corrected chi connectivity index (χ0v) is 40.0. The highest BCUT2D eigenvalue weighted by molar-refractivity contribution is 5.69. The number of ether oxygens (including phenoxy) is 2. The van der Waals surface area contributed by atoms with Crippen molar-refractivity contribution < 1.29 is 19.1 Å². The summed E-state index contributed by atoms with van der Waals surface area (Å²) in [5, 5.41) is 0. The highest BCUT2D eigenvalue weighted by atomic mass is 16.5. The summed E-state index contributed by atoms with van der Waals surface area (Å²) in [6.45, 7) is 16.2. The van der Waals surface area contributed by atoms with Crippen LogP contribution in [-0.4, -0.2) is 49.7 Å². The van der Waals surface area contributed by atoms with Crippen molar-refractivity contribution in [1.29, 1.82) is 0 Å². The third kappa shape index (κ3) is 38.8. The van der Waals surface area contributed by atoms with Crippen LogP contribution in [0.3, 0.4) is 0 Å². The third-order valence-corrected chi connectivity index (χ3v) is 12.9. The molecule has 57 heavy (non-hydrogen) atoms. The summed E-state index contributed by atoms with van der Waals surface area (Å²) in [7, 11) is 2.29. The summed E-state index contributed by atoms with van der Waals surface area (Å²) < 4.78 is 11.3. The Morgan fingerprint density at radius 1 is 0.386 bits per heavy atom. The maximum absolute atomic E-state index is 12.3. The van der Waals surface area contributed by atoms with E-state index < -0.39 is 0 Å². The third-order valence-electron chi connectivity index (χ3n) is 12.9. The number of carbonyl (C=O) groups excluding carboxylic acids is 2. The van der Waals surface area contributed by atoms with Gasteiger partial charge in [0.25, 0.3) is 0 Å². The topological polar surface area (TPSA) is 55.8 Å². The quantitative estimate of drug-likeness (QED) is 0.0453. The monoisotopic (exact) mass is 806 g/mol. The fraction of sp³-hybridized carbons (Fsp3) is 0.962. The van der Waals surface area contributed by atoms with Gasteiger partial charge in [-0.25, -0.2) is 0 Å². The van der Waals surface area contributed by atoms with Crippen molar-refractivity contribution in [3.05, 3.63) is 0 Å². The van der Waals surface area contributed by atoms with Gasteiger partial charge in [-0.2, -0.15) is 0 Å². The van der Waals surface area contributed by atoms with Crippen LogP contribution >= 0.6 is 0 Å². The molecule has 0 N–H and O–H groups in total. The molecule has 0 unspecified atom stereocenters. The second-order valence-electron chi connectivity index (χ2n) is 18.7. The Balaban J connectivity index is 4.04. The highest BCUT2D eigenvalue weighted by Crippen LogP contribution is 2.24. The van der Waals surface area contributed by atoms with E-state index >= 15 is 0 Å². The molecule has 5 heteroatoms. The highest BCUT2D eigenvalue weighted by Gasteiger charge is 2.15. The molecule has 0 bridgehead atoms. The van der Waals surface area contributed by atoms with Crippen LogP contribution in [0, 0.1) is 17.8 Å². The van der Waals surface area contributed by atoms with Crippen molar-refractivity contribution in [2.75, 3.05) is 26.8 Å². The van der Waals surface area contributed by atoms with Gasteiger partial charge in [-0.15, -0.1) is 0 Å². The second-order valence-corrected chi connectivity index (χ2v) is 18.7. The maximum atomic E-state index is 12.3. The smallest absolute Gasteiger partial charge is 0.305 e. The molecule has 0 atom stereocenters. The zero-order chi connectivity index (χ0) is 42.0. The molecular weight excluding hydrogens is 703 g/mol. The largest absolute Gasteiger partial charge is 0.466 e. The Bertz CT molecular complexity index is 766. The van der Waals surface area contributed by atoms with E-state index in [0.29, 0.717) is 32.1 Å². The van der Waals surface area contributed by atoms with Crippen molar-refractivity contribution in [3.8, 4) is 0 Å². The zero-order valence-electron chi connectivity index (χ0n) is 40.0. The van der Waals surface area contributed by atoms with Crippen LogP contribution in [0.15, 0.2) is 0 Å². The molecule has 0 radical (unpaired) electrons. The molecule has 0 aliphatic heterocycles. The lowest BCUT2D eigenvalue weighted by molar-refractivity contribution is -0.145. The van der Waals surface area contributed by atoms with E-state index in [1.807, 2.05) is 0 Å². The van der Waals surface area contributed by atoms with Gasteiger partial charge in [0, 0.05) is 25.4 Å². The first-order valence-electron chi connectivity index (χ1n) is 25.8. The van der Waals surface area contributed by atoms with E-state index in [-0.39, 0.29) is 11.9 Å². The van der Waals surface area contributed by atoms with Gasteiger partial charge in [0.2, 0.25) is 0 Å². The average molecular weight is 806 g/mol. The van der Waals surface area contributed by atoms with Gasteiger partial charge in [0.15, 0.2) is 0 Å². The van der Waals surface area contributed by atoms with Crippen LogP contribution in [0.1, 0.15) is 273 Å². The molecule has 0 amide bonds. The minimum Gasteiger partial charge on any atom is -0.466 e. The lowest BCUT2D eigenvalue weighted by atomic mass is 9.92. The summed E-state index contributed by atoms with van der Waals surface area (Å²) in [5.74, 6) is 2.30. The van der Waals surface area contributed by atoms with Crippen LogP contribution in [0.25, 0.3) is 0 Å². The lowest BCUT2D eigenvalue weighted by Gasteiger charge is -2.27. The van der Waals surface area contributed by atoms with Gasteiger partial charge < -0.3 is 14.4 Å². The molecule has 0 saturated heterocycles. The molecular formula is C52H103NO4. The molecule has 0 aromatic carbocycles. The standard InChI is InChI=1S/C52H103NO4/c1-8-12-26-34-48(35-27-13-9-2)42-44-56-51(54)40-32-24-20-16-18-22-30-38-50(46-53(7)47(5)6)39-31-23-19-17-21-25-33-41-52(55)57-45-43-49(36-28-14-10-3)37-29-15-11-4/h47-50H,8-46H2,1-7H3. The van der Waals surface area contributed by atoms with Crippen LogP contribution in [0.2, 0.25) is 0 Å². The van der Waals surface area contributed by atoms with Crippen LogP contribution < -0.4 is 0 Å². The van der Waals surface area contributed by atoms with Crippen molar-refractivity contribution in [2.24, 2.45) is 17.8 Å². The van der Waals surface area contributed by atoms with Gasteiger partial charge in [-0.05, 0) is 77.2 Å². The predicted octanol–water partition coefficient (Wildman–Crippen LogP) is 16.4. The van der Waals surface area contributed by atoms with E-state index in [2.05, 4.69) is 53.5 Å². The van der Waals surface area contributed by atoms with Gasteiger partial charge in [-0.3, -0.25) is 9.59 Å². The number of hydrogen-bond donors (Lipinski definition) is 0. The van der Waals surface area contributed by atoms with E-state index in [1.54, 1.807) is 0 Å². The van der Waals surface area contributed by atoms with Gasteiger partial charge in [0.05, 0.1) is 13.2 Å². The molecule has 0 fully saturated rings. The molecule has 0 rings (SSSR count). The van der Waals surface area contributed by atoms with Crippen LogP contribution in [0.4, 0.5) is 0 Å². The molecule has 0 aliphatic carbocycles. The first-order valence-corrected chi connectivity index (χ1v) is 25.8. The van der Waals surface area contributed by atoms with Crippen molar-refractivity contribution >= 4 is 11.9 Å². The number of rotatable bonds is 45. The Labute approximate surface area is 358 Å². The number of hydrogen-bond acceptors (Lipinski definition) is 5. The summed E-state index contributed by atoms with van der Waals surface area (Å²) in [6, 6.07) is 0.605. The number of esters is 2. The Hall–Kier alpha value is -1.10. The molecule has 0 saturated carbocycles. The van der Waals surface area contributed by atoms with Gasteiger partial charge in [-0.1, -0.05) is 207 Å². The predicted molar refractivity (Wildman–Crippen MR) is 249 cm³/mol. The fourth-order valence-corrected chi connectivity index (χ4v) is 8.54. The molecule has 0 heterocycles. The fourth-order valence-electron chi connectivity index (χ4n) is 8.54. The summed E-state index contributed by atoms with van der Waals surface area (Å²) in [6.07, 6.45) is 44.2. The molecule has 5 nitrogen and oxygen atoms in total. The van der Waals surface area contributed by atoms with Crippen molar-refractivity contribution in [3.63, 3.8) is 0 Å². The normalized spacial score (nSPS) is 11.9. The van der Waals surface area contributed by atoms with E-state index in [1.165, 1.54) is 186 Å². The SMILES string of the molecule is CCCCCC(CCCCC)CCOC(=O)CCCCCCCCCC(CCCCCCCCCC(=O)OCCC(CCCCC)CCCCC)CN(C)C(C)C. The molecule has 0 aromatic heterocycles. The van der Waals surface area contributed by atoms with Crippen molar-refractivity contribution in [1.82, 2.24) is 4.90 Å². The first kappa shape index (κ1) is 55.9. The lowest BCUT2D eigenvalue weighted by Crippen LogP contribution is -2.31. The number of carbonyl (C=O) groups is 2. The van der Waals surface area contributed by atoms with Crippen LogP contribution in [0.5, 0.6) is 0 Å². The minimum atomic E-state index is 0.0203. The van der Waals surface area contributed by atoms with Crippen molar-refractivity contribution in [2.45, 2.75) is 279 Å². The van der Waals surface area contributed by atoms with E-state index in [4.69, 9.17) is 9.47 Å². The number of unbranched alkanes of at least 4 members (excludes halogenated alkanes) is 20. The maximum Gasteiger partial charge on any atom is 0.305 e. The number of nitrogens with zero attached hydrogens (tertiary/aromatic N) is 1. The molecule has 0 aliphatic rings. The Morgan fingerprint density at radius 3 is 0.982 bits per heavy atom. The van der Waals surface area contributed by atoms with E-state index in [0.717, 1.165) is 56.3 Å². The second kappa shape index (κ2) is 43.0. The summed E-state index contributed by atoms with van der Waals surface area (Å²) >= 11 is 0. The minimum absolute atomic E-state index is 0.0203. The van der Waals surface area contributed by atoms with Crippen LogP contribution in [-0.2, 0) is 19.1 Å². The summed E-state index contributed by atoms with van der Waals surface area (Å²) in [4.78, 5) is 27.2. The molecule has 0 aromatic rings. The first-order chi connectivity index (χ1) is 27.8. The van der Waals surface area contributed by atoms with E-state index in [9.17, 15) is 9.59 Å². The average Bonchev–Trinajstić information content (AvgIpc) is 3.19. The molecule has 340 valence electrons.